The monoisotopic (exact) mass is 344 g/mol. The Morgan fingerprint density at radius 2 is 1.92 bits per heavy atom. The lowest BCUT2D eigenvalue weighted by Crippen LogP contribution is -2.40. The van der Waals surface area contributed by atoms with Gasteiger partial charge in [-0.25, -0.2) is 9.50 Å². The van der Waals surface area contributed by atoms with Crippen molar-refractivity contribution in [1.29, 1.82) is 0 Å². The van der Waals surface area contributed by atoms with E-state index < -0.39 is 0 Å². The number of nitrogens with one attached hydrogen (secondary N) is 1. The summed E-state index contributed by atoms with van der Waals surface area (Å²) in [4.78, 5) is 17.2. The smallest absolute Gasteiger partial charge is 0.256 e. The maximum Gasteiger partial charge on any atom is 0.256 e. The van der Waals surface area contributed by atoms with Crippen molar-refractivity contribution >= 4 is 11.6 Å². The summed E-state index contributed by atoms with van der Waals surface area (Å²) in [6, 6.07) is 2.14. The van der Waals surface area contributed by atoms with Crippen molar-refractivity contribution in [3.05, 3.63) is 29.2 Å². The van der Waals surface area contributed by atoms with Crippen LogP contribution in [0.2, 0.25) is 0 Å². The number of amides is 1. The predicted molar refractivity (Wildman–Crippen MR) is 96.8 cm³/mol. The third-order valence-electron chi connectivity index (χ3n) is 4.55. The summed E-state index contributed by atoms with van der Waals surface area (Å²) >= 11 is 0. The molecule has 1 N–H and O–H groups in total. The van der Waals surface area contributed by atoms with Crippen LogP contribution in [0, 0.1) is 13.8 Å². The van der Waals surface area contributed by atoms with Crippen LogP contribution in [0.4, 0.5) is 0 Å². The number of hydrogen-bond acceptors (Lipinski definition) is 4. The Bertz CT molecular complexity index is 768. The molecule has 0 aromatic carbocycles. The van der Waals surface area contributed by atoms with Crippen LogP contribution >= 0.6 is 0 Å². The van der Waals surface area contributed by atoms with E-state index in [9.17, 15) is 4.79 Å². The van der Waals surface area contributed by atoms with E-state index in [-0.39, 0.29) is 23.7 Å². The lowest BCUT2D eigenvalue weighted by atomic mass is 9.92. The van der Waals surface area contributed by atoms with E-state index in [2.05, 4.69) is 36.2 Å². The van der Waals surface area contributed by atoms with Crippen LogP contribution in [0.15, 0.2) is 12.3 Å². The molecule has 0 radical (unpaired) electrons. The first-order chi connectivity index (χ1) is 11.7. The van der Waals surface area contributed by atoms with Crippen LogP contribution in [-0.4, -0.2) is 38.3 Å². The van der Waals surface area contributed by atoms with Crippen LogP contribution in [0.3, 0.4) is 0 Å². The van der Waals surface area contributed by atoms with Gasteiger partial charge < -0.3 is 10.1 Å². The van der Waals surface area contributed by atoms with E-state index in [1.807, 2.05) is 19.9 Å². The Balaban J connectivity index is 1.64. The zero-order valence-electron chi connectivity index (χ0n) is 15.8. The number of fused-ring (bicyclic) bond motifs is 1. The molecule has 0 unspecified atom stereocenters. The Hall–Kier alpha value is -1.95. The molecule has 25 heavy (non-hydrogen) atoms. The first kappa shape index (κ1) is 17.9. The topological polar surface area (TPSA) is 68.5 Å². The summed E-state index contributed by atoms with van der Waals surface area (Å²) in [5.74, 6) is -0.0901. The average molecular weight is 344 g/mol. The second kappa shape index (κ2) is 6.75. The molecule has 2 heterocycles. The van der Waals surface area contributed by atoms with Gasteiger partial charge in [-0.2, -0.15) is 5.10 Å². The minimum Gasteiger partial charge on any atom is -0.373 e. The van der Waals surface area contributed by atoms with Crippen molar-refractivity contribution in [3.8, 4) is 0 Å². The van der Waals surface area contributed by atoms with Gasteiger partial charge in [0.1, 0.15) is 5.56 Å². The SMILES string of the molecule is Cc1cc(C)n2ncc(C(=O)N[C@H]3CC[C@H](OC(C)(C)C)CC3)c2n1. The van der Waals surface area contributed by atoms with Crippen molar-refractivity contribution in [2.24, 2.45) is 0 Å². The standard InChI is InChI=1S/C19H28N4O2/c1-12-10-13(2)23-17(21-12)16(11-20-23)18(24)22-14-6-8-15(9-7-14)25-19(3,4)5/h10-11,14-15H,6-9H2,1-5H3,(H,22,24)/t14-,15-. The van der Waals surface area contributed by atoms with Gasteiger partial charge >= 0.3 is 0 Å². The van der Waals surface area contributed by atoms with Gasteiger partial charge in [-0.15, -0.1) is 0 Å². The van der Waals surface area contributed by atoms with Crippen molar-refractivity contribution in [2.45, 2.75) is 78.0 Å². The van der Waals surface area contributed by atoms with E-state index >= 15 is 0 Å². The van der Waals surface area contributed by atoms with Crippen LogP contribution in [-0.2, 0) is 4.74 Å². The summed E-state index contributed by atoms with van der Waals surface area (Å²) in [6.45, 7) is 10.2. The predicted octanol–water partition coefficient (Wildman–Crippen LogP) is 3.20. The molecule has 0 aliphatic heterocycles. The second-order valence-corrected chi connectivity index (χ2v) is 8.01. The lowest BCUT2D eigenvalue weighted by Gasteiger charge is -2.33. The molecule has 3 rings (SSSR count). The molecule has 1 aliphatic rings. The minimum atomic E-state index is -0.112. The summed E-state index contributed by atoms with van der Waals surface area (Å²) in [5.41, 5.74) is 2.92. The Morgan fingerprint density at radius 1 is 1.24 bits per heavy atom. The molecule has 1 amide bonds. The van der Waals surface area contributed by atoms with Crippen LogP contribution in [0.25, 0.3) is 5.65 Å². The van der Waals surface area contributed by atoms with Crippen LogP contribution in [0.5, 0.6) is 0 Å². The maximum absolute atomic E-state index is 12.7. The summed E-state index contributed by atoms with van der Waals surface area (Å²) in [7, 11) is 0. The van der Waals surface area contributed by atoms with E-state index in [1.165, 1.54) is 0 Å². The molecule has 1 saturated carbocycles. The van der Waals surface area contributed by atoms with E-state index in [4.69, 9.17) is 4.74 Å². The molecular formula is C19H28N4O2. The Morgan fingerprint density at radius 3 is 2.56 bits per heavy atom. The molecule has 0 atom stereocenters. The number of rotatable bonds is 3. The molecule has 2 aromatic rings. The fourth-order valence-corrected chi connectivity index (χ4v) is 3.52. The summed E-state index contributed by atoms with van der Waals surface area (Å²) in [5, 5.41) is 7.45. The van der Waals surface area contributed by atoms with Gasteiger partial charge in [0.05, 0.1) is 17.9 Å². The number of aromatic nitrogens is 3. The molecule has 136 valence electrons. The molecule has 0 bridgehead atoms. The van der Waals surface area contributed by atoms with Crippen molar-refractivity contribution in [1.82, 2.24) is 19.9 Å². The zero-order valence-corrected chi connectivity index (χ0v) is 15.8. The minimum absolute atomic E-state index is 0.0901. The first-order valence-corrected chi connectivity index (χ1v) is 9.03. The Labute approximate surface area is 149 Å². The van der Waals surface area contributed by atoms with E-state index in [1.54, 1.807) is 10.7 Å². The number of carbonyl (C=O) groups is 1. The lowest BCUT2D eigenvalue weighted by molar-refractivity contribution is -0.0757. The van der Waals surface area contributed by atoms with Gasteiger partial charge in [-0.05, 0) is 66.4 Å². The number of nitrogens with zero attached hydrogens (tertiary/aromatic N) is 3. The first-order valence-electron chi connectivity index (χ1n) is 9.03. The van der Waals surface area contributed by atoms with Gasteiger partial charge in [-0.3, -0.25) is 4.79 Å². The summed E-state index contributed by atoms with van der Waals surface area (Å²) < 4.78 is 7.77. The van der Waals surface area contributed by atoms with Gasteiger partial charge in [0, 0.05) is 17.4 Å². The maximum atomic E-state index is 12.7. The number of aryl methyl sites for hydroxylation is 2. The second-order valence-electron chi connectivity index (χ2n) is 8.01. The fourth-order valence-electron chi connectivity index (χ4n) is 3.52. The van der Waals surface area contributed by atoms with E-state index in [0.717, 1.165) is 37.1 Å². The van der Waals surface area contributed by atoms with Gasteiger partial charge in [-0.1, -0.05) is 0 Å². The Kier molecular flexibility index (Phi) is 4.82. The van der Waals surface area contributed by atoms with Crippen LogP contribution in [0.1, 0.15) is 68.2 Å². The molecule has 2 aromatic heterocycles. The van der Waals surface area contributed by atoms with Gasteiger partial charge in [0.15, 0.2) is 5.65 Å². The highest BCUT2D eigenvalue weighted by Gasteiger charge is 2.27. The zero-order chi connectivity index (χ0) is 18.2. The normalized spacial score (nSPS) is 21.5. The average Bonchev–Trinajstić information content (AvgIpc) is 2.92. The molecule has 6 heteroatoms. The van der Waals surface area contributed by atoms with Gasteiger partial charge in [0.25, 0.3) is 5.91 Å². The van der Waals surface area contributed by atoms with Gasteiger partial charge in [0.2, 0.25) is 0 Å². The van der Waals surface area contributed by atoms with Crippen molar-refractivity contribution < 1.29 is 9.53 Å². The highest BCUT2D eigenvalue weighted by molar-refractivity contribution is 5.99. The van der Waals surface area contributed by atoms with Crippen molar-refractivity contribution in [2.75, 3.05) is 0 Å². The molecule has 1 aliphatic carbocycles. The van der Waals surface area contributed by atoms with E-state index in [0.29, 0.717) is 11.2 Å². The number of carbonyl (C=O) groups excluding carboxylic acids is 1. The highest BCUT2D eigenvalue weighted by atomic mass is 16.5. The highest BCUT2D eigenvalue weighted by Crippen LogP contribution is 2.25. The fraction of sp³-hybridized carbons (Fsp3) is 0.632. The number of ether oxygens (including phenoxy) is 1. The largest absolute Gasteiger partial charge is 0.373 e. The third kappa shape index (κ3) is 4.18. The summed E-state index contributed by atoms with van der Waals surface area (Å²) in [6.07, 6.45) is 5.74. The molecule has 6 nitrogen and oxygen atoms in total. The molecule has 0 spiro atoms. The third-order valence-corrected chi connectivity index (χ3v) is 4.55. The molecule has 0 saturated heterocycles. The number of hydrogen-bond donors (Lipinski definition) is 1. The quantitative estimate of drug-likeness (QED) is 0.928. The van der Waals surface area contributed by atoms with Crippen LogP contribution < -0.4 is 5.32 Å². The molecule has 1 fully saturated rings. The molecular weight excluding hydrogens is 316 g/mol. The van der Waals surface area contributed by atoms with Crippen molar-refractivity contribution in [3.63, 3.8) is 0 Å².